The number of ketones is 1. The number of aromatic nitrogens is 1. The number of pyridine rings is 1. The molecule has 0 bridgehead atoms. The fourth-order valence-corrected chi connectivity index (χ4v) is 0.897. The molecular weight excluding hydrogens is 157 g/mol. The maximum Gasteiger partial charge on any atom is 0.144 e. The SMILES string of the molecule is CC(=O)CCc1ncccc1F. The summed E-state index contributed by atoms with van der Waals surface area (Å²) in [6.45, 7) is 1.49. The van der Waals surface area contributed by atoms with Gasteiger partial charge in [-0.3, -0.25) is 4.98 Å². The van der Waals surface area contributed by atoms with Crippen LogP contribution in [0.5, 0.6) is 0 Å². The third-order valence-electron chi connectivity index (χ3n) is 1.55. The van der Waals surface area contributed by atoms with Crippen LogP contribution in [0, 0.1) is 5.82 Å². The van der Waals surface area contributed by atoms with Crippen LogP contribution in [0.4, 0.5) is 4.39 Å². The molecule has 1 aromatic heterocycles. The topological polar surface area (TPSA) is 30.0 Å². The quantitative estimate of drug-likeness (QED) is 0.686. The van der Waals surface area contributed by atoms with Crippen LogP contribution in [0.2, 0.25) is 0 Å². The van der Waals surface area contributed by atoms with Gasteiger partial charge in [0.2, 0.25) is 0 Å². The second kappa shape index (κ2) is 3.95. The summed E-state index contributed by atoms with van der Waals surface area (Å²) in [5.74, 6) is -0.279. The van der Waals surface area contributed by atoms with Crippen LogP contribution >= 0.6 is 0 Å². The van der Waals surface area contributed by atoms with Crippen molar-refractivity contribution in [3.63, 3.8) is 0 Å². The summed E-state index contributed by atoms with van der Waals surface area (Å²) >= 11 is 0. The average Bonchev–Trinajstić information content (AvgIpc) is 2.03. The van der Waals surface area contributed by atoms with Crippen molar-refractivity contribution in [3.8, 4) is 0 Å². The van der Waals surface area contributed by atoms with E-state index < -0.39 is 0 Å². The van der Waals surface area contributed by atoms with Crippen LogP contribution in [0.3, 0.4) is 0 Å². The van der Waals surface area contributed by atoms with E-state index in [-0.39, 0.29) is 11.6 Å². The minimum Gasteiger partial charge on any atom is -0.300 e. The summed E-state index contributed by atoms with van der Waals surface area (Å²) in [7, 11) is 0. The molecular formula is C9H10FNO. The maximum atomic E-state index is 12.9. The van der Waals surface area contributed by atoms with Crippen molar-refractivity contribution in [2.24, 2.45) is 0 Å². The van der Waals surface area contributed by atoms with E-state index in [9.17, 15) is 9.18 Å². The molecule has 64 valence electrons. The van der Waals surface area contributed by atoms with Crippen molar-refractivity contribution in [3.05, 3.63) is 29.8 Å². The van der Waals surface area contributed by atoms with E-state index in [1.165, 1.54) is 25.3 Å². The van der Waals surface area contributed by atoms with E-state index in [4.69, 9.17) is 0 Å². The summed E-state index contributed by atoms with van der Waals surface area (Å²) < 4.78 is 12.9. The first-order valence-electron chi connectivity index (χ1n) is 3.79. The van der Waals surface area contributed by atoms with Gasteiger partial charge in [0.05, 0.1) is 5.69 Å². The van der Waals surface area contributed by atoms with Crippen molar-refractivity contribution < 1.29 is 9.18 Å². The summed E-state index contributed by atoms with van der Waals surface area (Å²) in [6, 6.07) is 2.88. The molecule has 0 N–H and O–H groups in total. The van der Waals surface area contributed by atoms with E-state index in [1.807, 2.05) is 0 Å². The summed E-state index contributed by atoms with van der Waals surface area (Å²) in [5, 5.41) is 0. The molecule has 1 heterocycles. The van der Waals surface area contributed by atoms with Gasteiger partial charge in [0, 0.05) is 12.6 Å². The third-order valence-corrected chi connectivity index (χ3v) is 1.55. The Hall–Kier alpha value is -1.25. The Balaban J connectivity index is 2.63. The second-order valence-corrected chi connectivity index (χ2v) is 2.63. The fraction of sp³-hybridized carbons (Fsp3) is 0.333. The van der Waals surface area contributed by atoms with Gasteiger partial charge in [-0.1, -0.05) is 0 Å². The normalized spacial score (nSPS) is 9.83. The first kappa shape index (κ1) is 8.84. The lowest BCUT2D eigenvalue weighted by Crippen LogP contribution is -1.98. The number of aryl methyl sites for hydroxylation is 1. The number of nitrogens with zero attached hydrogens (tertiary/aromatic N) is 1. The zero-order valence-corrected chi connectivity index (χ0v) is 6.88. The molecule has 0 spiro atoms. The van der Waals surface area contributed by atoms with Crippen LogP contribution < -0.4 is 0 Å². The van der Waals surface area contributed by atoms with E-state index in [2.05, 4.69) is 4.98 Å². The molecule has 0 fully saturated rings. The molecule has 0 aliphatic rings. The van der Waals surface area contributed by atoms with E-state index in [0.717, 1.165) is 0 Å². The second-order valence-electron chi connectivity index (χ2n) is 2.63. The van der Waals surface area contributed by atoms with Gasteiger partial charge in [0.15, 0.2) is 0 Å². The number of carbonyl (C=O) groups excluding carboxylic acids is 1. The van der Waals surface area contributed by atoms with Crippen LogP contribution in [-0.4, -0.2) is 10.8 Å². The zero-order chi connectivity index (χ0) is 8.97. The number of halogens is 1. The highest BCUT2D eigenvalue weighted by Crippen LogP contribution is 2.05. The van der Waals surface area contributed by atoms with Crippen LogP contribution in [0.15, 0.2) is 18.3 Å². The highest BCUT2D eigenvalue weighted by molar-refractivity contribution is 5.75. The third kappa shape index (κ3) is 2.42. The molecule has 3 heteroatoms. The molecule has 1 rings (SSSR count). The van der Waals surface area contributed by atoms with Gasteiger partial charge in [-0.05, 0) is 25.5 Å². The Labute approximate surface area is 70.4 Å². The maximum absolute atomic E-state index is 12.9. The highest BCUT2D eigenvalue weighted by atomic mass is 19.1. The molecule has 0 saturated carbocycles. The molecule has 0 aliphatic heterocycles. The van der Waals surface area contributed by atoms with Gasteiger partial charge < -0.3 is 4.79 Å². The van der Waals surface area contributed by atoms with Gasteiger partial charge in [-0.2, -0.15) is 0 Å². The van der Waals surface area contributed by atoms with Crippen molar-refractivity contribution in [1.82, 2.24) is 4.98 Å². The number of rotatable bonds is 3. The fourth-order valence-electron chi connectivity index (χ4n) is 0.897. The van der Waals surface area contributed by atoms with Crippen LogP contribution in [-0.2, 0) is 11.2 Å². The van der Waals surface area contributed by atoms with E-state index >= 15 is 0 Å². The predicted molar refractivity (Wildman–Crippen MR) is 43.2 cm³/mol. The Bertz CT molecular complexity index is 286. The first-order chi connectivity index (χ1) is 5.70. The number of hydrogen-bond acceptors (Lipinski definition) is 2. The lowest BCUT2D eigenvalue weighted by molar-refractivity contribution is -0.117. The Morgan fingerprint density at radius 2 is 2.42 bits per heavy atom. The van der Waals surface area contributed by atoms with Crippen molar-refractivity contribution >= 4 is 5.78 Å². The molecule has 0 atom stereocenters. The number of hydrogen-bond donors (Lipinski definition) is 0. The minimum atomic E-state index is -0.334. The Kier molecular flexibility index (Phi) is 2.91. The van der Waals surface area contributed by atoms with Gasteiger partial charge in [0.25, 0.3) is 0 Å². The molecule has 12 heavy (non-hydrogen) atoms. The zero-order valence-electron chi connectivity index (χ0n) is 6.88. The summed E-state index contributed by atoms with van der Waals surface area (Å²) in [4.78, 5) is 14.4. The summed E-state index contributed by atoms with van der Waals surface area (Å²) in [6.07, 6.45) is 2.27. The van der Waals surface area contributed by atoms with Gasteiger partial charge in [-0.15, -0.1) is 0 Å². The van der Waals surface area contributed by atoms with Crippen molar-refractivity contribution in [2.75, 3.05) is 0 Å². The predicted octanol–water partition coefficient (Wildman–Crippen LogP) is 1.74. The number of carbonyl (C=O) groups is 1. The molecule has 1 aromatic rings. The van der Waals surface area contributed by atoms with E-state index in [0.29, 0.717) is 18.5 Å². The van der Waals surface area contributed by atoms with Crippen LogP contribution in [0.1, 0.15) is 19.0 Å². The highest BCUT2D eigenvalue weighted by Gasteiger charge is 2.02. The lowest BCUT2D eigenvalue weighted by atomic mass is 10.2. The first-order valence-corrected chi connectivity index (χ1v) is 3.79. The lowest BCUT2D eigenvalue weighted by Gasteiger charge is -1.98. The standard InChI is InChI=1S/C9H10FNO/c1-7(12)4-5-9-8(10)3-2-6-11-9/h2-3,6H,4-5H2,1H3. The number of Topliss-reactive ketones (excluding diaryl/α,β-unsaturated/α-hetero) is 1. The minimum absolute atomic E-state index is 0.0556. The molecule has 0 radical (unpaired) electrons. The molecule has 0 saturated heterocycles. The Morgan fingerprint density at radius 1 is 1.67 bits per heavy atom. The van der Waals surface area contributed by atoms with Gasteiger partial charge >= 0.3 is 0 Å². The average molecular weight is 167 g/mol. The summed E-state index contributed by atoms with van der Waals surface area (Å²) in [5.41, 5.74) is 0.368. The molecule has 0 unspecified atom stereocenters. The van der Waals surface area contributed by atoms with Crippen LogP contribution in [0.25, 0.3) is 0 Å². The smallest absolute Gasteiger partial charge is 0.144 e. The Morgan fingerprint density at radius 3 is 3.00 bits per heavy atom. The molecule has 2 nitrogen and oxygen atoms in total. The molecule has 0 amide bonds. The van der Waals surface area contributed by atoms with E-state index in [1.54, 1.807) is 0 Å². The van der Waals surface area contributed by atoms with Gasteiger partial charge in [0.1, 0.15) is 11.6 Å². The molecule has 0 aromatic carbocycles. The monoisotopic (exact) mass is 167 g/mol. The van der Waals surface area contributed by atoms with Crippen molar-refractivity contribution in [2.45, 2.75) is 19.8 Å². The molecule has 0 aliphatic carbocycles. The van der Waals surface area contributed by atoms with Crippen molar-refractivity contribution in [1.29, 1.82) is 0 Å². The largest absolute Gasteiger partial charge is 0.300 e. The van der Waals surface area contributed by atoms with Gasteiger partial charge in [-0.25, -0.2) is 4.39 Å².